The van der Waals surface area contributed by atoms with Gasteiger partial charge in [0.15, 0.2) is 0 Å². The van der Waals surface area contributed by atoms with Gasteiger partial charge in [-0.15, -0.1) is 0 Å². The number of rotatable bonds is 9. The highest BCUT2D eigenvalue weighted by Crippen LogP contribution is 2.29. The molecule has 0 saturated heterocycles. The Labute approximate surface area is 109 Å². The summed E-state index contributed by atoms with van der Waals surface area (Å²) in [7, 11) is 0. The molecule has 1 N–H and O–H groups in total. The Kier molecular flexibility index (Phi) is 7.92. The van der Waals surface area contributed by atoms with Crippen molar-refractivity contribution in [3.63, 3.8) is 0 Å². The first-order chi connectivity index (χ1) is 8.22. The van der Waals surface area contributed by atoms with E-state index in [1.807, 2.05) is 0 Å². The molecule has 0 aromatic carbocycles. The highest BCUT2D eigenvalue weighted by molar-refractivity contribution is 4.76. The first kappa shape index (κ1) is 15.0. The van der Waals surface area contributed by atoms with Gasteiger partial charge in [0.25, 0.3) is 0 Å². The molecule has 1 fully saturated rings. The Bertz CT molecular complexity index is 170. The summed E-state index contributed by atoms with van der Waals surface area (Å²) in [5, 5.41) is 3.77. The molecule has 0 heterocycles. The monoisotopic (exact) mass is 239 g/mol. The van der Waals surface area contributed by atoms with E-state index in [0.717, 1.165) is 17.9 Å². The van der Waals surface area contributed by atoms with Crippen molar-refractivity contribution in [2.24, 2.45) is 11.8 Å². The van der Waals surface area contributed by atoms with E-state index in [9.17, 15) is 0 Å². The second-order valence-corrected chi connectivity index (χ2v) is 6.36. The number of hydrogen-bond acceptors (Lipinski definition) is 1. The fourth-order valence-electron chi connectivity index (χ4n) is 3.07. The highest BCUT2D eigenvalue weighted by Gasteiger charge is 2.19. The lowest BCUT2D eigenvalue weighted by Gasteiger charge is -2.22. The maximum Gasteiger partial charge on any atom is 0.00697 e. The van der Waals surface area contributed by atoms with E-state index in [0.29, 0.717) is 0 Å². The molecule has 1 unspecified atom stereocenters. The predicted octanol–water partition coefficient (Wildman–Crippen LogP) is 4.76. The quantitative estimate of drug-likeness (QED) is 0.611. The average molecular weight is 239 g/mol. The van der Waals surface area contributed by atoms with Crippen LogP contribution in [0.5, 0.6) is 0 Å². The van der Waals surface area contributed by atoms with E-state index >= 15 is 0 Å². The molecule has 1 nitrogen and oxygen atoms in total. The van der Waals surface area contributed by atoms with Gasteiger partial charge >= 0.3 is 0 Å². The fourth-order valence-corrected chi connectivity index (χ4v) is 3.07. The normalized spacial score (nSPS) is 19.1. The van der Waals surface area contributed by atoms with E-state index in [-0.39, 0.29) is 0 Å². The van der Waals surface area contributed by atoms with Gasteiger partial charge in [-0.05, 0) is 37.6 Å². The minimum atomic E-state index is 0.803. The van der Waals surface area contributed by atoms with Crippen LogP contribution in [0.1, 0.15) is 78.6 Å². The Morgan fingerprint density at radius 2 is 1.82 bits per heavy atom. The van der Waals surface area contributed by atoms with Crippen LogP contribution in [0, 0.1) is 11.8 Å². The lowest BCUT2D eigenvalue weighted by Crippen LogP contribution is -2.31. The summed E-state index contributed by atoms with van der Waals surface area (Å²) in [6.45, 7) is 8.16. The van der Waals surface area contributed by atoms with Crippen molar-refractivity contribution < 1.29 is 0 Å². The van der Waals surface area contributed by atoms with Gasteiger partial charge in [-0.25, -0.2) is 0 Å². The van der Waals surface area contributed by atoms with Crippen LogP contribution in [0.2, 0.25) is 0 Å². The molecule has 17 heavy (non-hydrogen) atoms. The second kappa shape index (κ2) is 8.97. The summed E-state index contributed by atoms with van der Waals surface area (Å²) >= 11 is 0. The first-order valence-electron chi connectivity index (χ1n) is 7.95. The van der Waals surface area contributed by atoms with Crippen LogP contribution in [0.3, 0.4) is 0 Å². The molecular formula is C16H33N. The molecule has 0 spiro atoms. The van der Waals surface area contributed by atoms with E-state index in [1.54, 1.807) is 0 Å². The van der Waals surface area contributed by atoms with Crippen molar-refractivity contribution in [1.82, 2.24) is 5.32 Å². The molecule has 1 aliphatic rings. The van der Waals surface area contributed by atoms with Crippen molar-refractivity contribution in [3.05, 3.63) is 0 Å². The zero-order valence-electron chi connectivity index (χ0n) is 12.3. The lowest BCUT2D eigenvalue weighted by molar-refractivity contribution is 0.355. The van der Waals surface area contributed by atoms with E-state index < -0.39 is 0 Å². The van der Waals surface area contributed by atoms with Crippen molar-refractivity contribution in [2.45, 2.75) is 84.6 Å². The molecule has 1 heteroatoms. The van der Waals surface area contributed by atoms with Crippen molar-refractivity contribution in [1.29, 1.82) is 0 Å². The molecule has 102 valence electrons. The molecule has 1 atom stereocenters. The van der Waals surface area contributed by atoms with Gasteiger partial charge in [0.1, 0.15) is 0 Å². The molecule has 0 aromatic rings. The number of nitrogens with one attached hydrogen (secondary N) is 1. The zero-order chi connectivity index (χ0) is 12.5. The van der Waals surface area contributed by atoms with Crippen LogP contribution >= 0.6 is 0 Å². The summed E-state index contributed by atoms with van der Waals surface area (Å²) in [4.78, 5) is 0. The fraction of sp³-hybridized carbons (Fsp3) is 1.00. The van der Waals surface area contributed by atoms with Crippen LogP contribution in [0.15, 0.2) is 0 Å². The molecule has 1 aliphatic carbocycles. The average Bonchev–Trinajstić information content (AvgIpc) is 2.78. The summed E-state index contributed by atoms with van der Waals surface area (Å²) < 4.78 is 0. The maximum atomic E-state index is 3.77. The third-order valence-corrected chi connectivity index (χ3v) is 4.11. The molecule has 1 rings (SSSR count). The molecule has 0 aromatic heterocycles. The van der Waals surface area contributed by atoms with Gasteiger partial charge in [0, 0.05) is 6.04 Å². The molecular weight excluding hydrogens is 206 g/mol. The third kappa shape index (κ3) is 7.08. The summed E-state index contributed by atoms with van der Waals surface area (Å²) in [6, 6.07) is 0.803. The molecule has 0 amide bonds. The van der Waals surface area contributed by atoms with E-state index in [1.165, 1.54) is 64.3 Å². The SMILES string of the molecule is CCCNC(CCCC(C)C)CC1CCCC1. The zero-order valence-corrected chi connectivity index (χ0v) is 12.3. The number of hydrogen-bond donors (Lipinski definition) is 1. The summed E-state index contributed by atoms with van der Waals surface area (Å²) in [5.41, 5.74) is 0. The molecule has 0 bridgehead atoms. The Hall–Kier alpha value is -0.0400. The molecule has 0 radical (unpaired) electrons. The van der Waals surface area contributed by atoms with Gasteiger partial charge in [0.2, 0.25) is 0 Å². The van der Waals surface area contributed by atoms with Gasteiger partial charge in [-0.2, -0.15) is 0 Å². The standard InChI is InChI=1S/C16H33N/c1-4-12-17-16(11-7-8-14(2)3)13-15-9-5-6-10-15/h14-17H,4-13H2,1-3H3. The van der Waals surface area contributed by atoms with Crippen molar-refractivity contribution in [2.75, 3.05) is 6.54 Å². The first-order valence-corrected chi connectivity index (χ1v) is 7.95. The van der Waals surface area contributed by atoms with Crippen LogP contribution < -0.4 is 5.32 Å². The smallest absolute Gasteiger partial charge is 0.00697 e. The van der Waals surface area contributed by atoms with Gasteiger partial charge in [0.05, 0.1) is 0 Å². The largest absolute Gasteiger partial charge is 0.314 e. The van der Waals surface area contributed by atoms with E-state index in [2.05, 4.69) is 26.1 Å². The Morgan fingerprint density at radius 1 is 1.12 bits per heavy atom. The lowest BCUT2D eigenvalue weighted by atomic mass is 9.93. The second-order valence-electron chi connectivity index (χ2n) is 6.36. The minimum Gasteiger partial charge on any atom is -0.314 e. The van der Waals surface area contributed by atoms with Crippen LogP contribution in [-0.2, 0) is 0 Å². The Morgan fingerprint density at radius 3 is 2.41 bits per heavy atom. The Balaban J connectivity index is 2.20. The van der Waals surface area contributed by atoms with Gasteiger partial charge < -0.3 is 5.32 Å². The van der Waals surface area contributed by atoms with Crippen molar-refractivity contribution >= 4 is 0 Å². The van der Waals surface area contributed by atoms with Crippen LogP contribution in [-0.4, -0.2) is 12.6 Å². The van der Waals surface area contributed by atoms with Crippen LogP contribution in [0.4, 0.5) is 0 Å². The minimum absolute atomic E-state index is 0.803. The van der Waals surface area contributed by atoms with Gasteiger partial charge in [-0.1, -0.05) is 59.3 Å². The molecule has 0 aliphatic heterocycles. The topological polar surface area (TPSA) is 12.0 Å². The summed E-state index contributed by atoms with van der Waals surface area (Å²) in [5.74, 6) is 1.90. The van der Waals surface area contributed by atoms with Crippen molar-refractivity contribution in [3.8, 4) is 0 Å². The maximum absolute atomic E-state index is 3.77. The van der Waals surface area contributed by atoms with E-state index in [4.69, 9.17) is 0 Å². The third-order valence-electron chi connectivity index (χ3n) is 4.11. The van der Waals surface area contributed by atoms with Crippen LogP contribution in [0.25, 0.3) is 0 Å². The highest BCUT2D eigenvalue weighted by atomic mass is 14.9. The van der Waals surface area contributed by atoms with Gasteiger partial charge in [-0.3, -0.25) is 0 Å². The predicted molar refractivity (Wildman–Crippen MR) is 77.3 cm³/mol. The summed E-state index contributed by atoms with van der Waals surface area (Å²) in [6.07, 6.45) is 12.9. The molecule has 1 saturated carbocycles.